The van der Waals surface area contributed by atoms with Gasteiger partial charge in [0.2, 0.25) is 0 Å². The van der Waals surface area contributed by atoms with E-state index in [1.54, 1.807) is 12.3 Å². The highest BCUT2D eigenvalue weighted by Crippen LogP contribution is 2.32. The second-order valence-electron chi connectivity index (χ2n) is 7.31. The number of nitrogens with zero attached hydrogens (tertiary/aromatic N) is 4. The Labute approximate surface area is 177 Å². The number of alkyl halides is 3. The highest BCUT2D eigenvalue weighted by atomic mass is 19.4. The number of fused-ring (bicyclic) bond motifs is 1. The molecule has 1 atom stereocenters. The van der Waals surface area contributed by atoms with Crippen LogP contribution in [0.5, 0.6) is 0 Å². The normalized spacial score (nSPS) is 12.9. The van der Waals surface area contributed by atoms with Crippen LogP contribution in [0.1, 0.15) is 37.3 Å². The van der Waals surface area contributed by atoms with Crippen LogP contribution in [-0.4, -0.2) is 31.0 Å². The standard InChI is InChI=1S/C23H21F3N4O/c1-2-3-6-17-7-4-8-18(28-17)15-11-12-16-14-27-30(20(16)13-15)21-10-5-9-19(29-21)22(31)23(24,25)26/h4-5,7-14,22,31H,2-3,6H2,1H3. The van der Waals surface area contributed by atoms with E-state index in [0.29, 0.717) is 5.52 Å². The van der Waals surface area contributed by atoms with Crippen molar-refractivity contribution in [2.75, 3.05) is 0 Å². The molecule has 0 saturated heterocycles. The topological polar surface area (TPSA) is 63.8 Å². The molecule has 0 aliphatic carbocycles. The first-order valence-electron chi connectivity index (χ1n) is 10.0. The van der Waals surface area contributed by atoms with Crippen LogP contribution in [0.2, 0.25) is 0 Å². The van der Waals surface area contributed by atoms with E-state index in [1.807, 2.05) is 36.4 Å². The number of benzene rings is 1. The molecule has 4 rings (SSSR count). The van der Waals surface area contributed by atoms with Gasteiger partial charge in [0.05, 0.1) is 23.1 Å². The van der Waals surface area contributed by atoms with Crippen molar-refractivity contribution in [3.63, 3.8) is 0 Å². The van der Waals surface area contributed by atoms with Crippen LogP contribution in [-0.2, 0) is 6.42 Å². The molecule has 1 aromatic carbocycles. The first kappa shape index (κ1) is 21.0. The molecular formula is C23H21F3N4O. The van der Waals surface area contributed by atoms with Crippen LogP contribution in [0.4, 0.5) is 13.2 Å². The zero-order valence-electron chi connectivity index (χ0n) is 16.8. The quantitative estimate of drug-likeness (QED) is 0.447. The Bertz CT molecular complexity index is 1200. The predicted molar refractivity (Wildman–Crippen MR) is 112 cm³/mol. The number of unbranched alkanes of at least 4 members (excludes halogenated alkanes) is 1. The minimum absolute atomic E-state index is 0.192. The van der Waals surface area contributed by atoms with E-state index < -0.39 is 18.0 Å². The van der Waals surface area contributed by atoms with E-state index in [1.165, 1.54) is 10.7 Å². The number of aryl methyl sites for hydroxylation is 1. The molecule has 0 radical (unpaired) electrons. The Morgan fingerprint density at radius 2 is 1.84 bits per heavy atom. The summed E-state index contributed by atoms with van der Waals surface area (Å²) in [5.74, 6) is 0.192. The van der Waals surface area contributed by atoms with Crippen LogP contribution >= 0.6 is 0 Å². The van der Waals surface area contributed by atoms with Gasteiger partial charge in [0.25, 0.3) is 0 Å². The SMILES string of the molecule is CCCCc1cccc(-c2ccc3cnn(-c4cccc(C(O)C(F)(F)F)n4)c3c2)n1. The fourth-order valence-electron chi connectivity index (χ4n) is 3.38. The van der Waals surface area contributed by atoms with Crippen molar-refractivity contribution >= 4 is 10.9 Å². The van der Waals surface area contributed by atoms with E-state index >= 15 is 0 Å². The van der Waals surface area contributed by atoms with Crippen LogP contribution < -0.4 is 0 Å². The van der Waals surface area contributed by atoms with Gasteiger partial charge in [-0.2, -0.15) is 18.3 Å². The first-order chi connectivity index (χ1) is 14.9. The Balaban J connectivity index is 1.73. The summed E-state index contributed by atoms with van der Waals surface area (Å²) in [7, 11) is 0. The molecule has 5 nitrogen and oxygen atoms in total. The zero-order chi connectivity index (χ0) is 22.0. The average molecular weight is 426 g/mol. The minimum atomic E-state index is -4.79. The van der Waals surface area contributed by atoms with Gasteiger partial charge in [0.15, 0.2) is 11.9 Å². The Kier molecular flexibility index (Phi) is 5.73. The molecule has 0 saturated carbocycles. The minimum Gasteiger partial charge on any atom is -0.378 e. The maximum absolute atomic E-state index is 12.9. The lowest BCUT2D eigenvalue weighted by Gasteiger charge is -2.14. The molecule has 0 amide bonds. The molecule has 1 unspecified atom stereocenters. The van der Waals surface area contributed by atoms with Gasteiger partial charge in [-0.05, 0) is 43.2 Å². The number of aliphatic hydroxyl groups is 1. The zero-order valence-corrected chi connectivity index (χ0v) is 16.8. The van der Waals surface area contributed by atoms with E-state index in [0.717, 1.165) is 47.7 Å². The van der Waals surface area contributed by atoms with Gasteiger partial charge in [-0.15, -0.1) is 0 Å². The summed E-state index contributed by atoms with van der Waals surface area (Å²) < 4.78 is 40.1. The Hall–Kier alpha value is -3.26. The van der Waals surface area contributed by atoms with Crippen molar-refractivity contribution < 1.29 is 18.3 Å². The lowest BCUT2D eigenvalue weighted by atomic mass is 10.1. The van der Waals surface area contributed by atoms with Gasteiger partial charge in [-0.3, -0.25) is 4.98 Å². The lowest BCUT2D eigenvalue weighted by molar-refractivity contribution is -0.207. The third-order valence-corrected chi connectivity index (χ3v) is 5.02. The van der Waals surface area contributed by atoms with Crippen molar-refractivity contribution in [2.45, 2.75) is 38.5 Å². The molecule has 8 heteroatoms. The van der Waals surface area contributed by atoms with Gasteiger partial charge < -0.3 is 5.11 Å². The summed E-state index contributed by atoms with van der Waals surface area (Å²) in [6.45, 7) is 2.13. The van der Waals surface area contributed by atoms with Crippen LogP contribution in [0, 0.1) is 0 Å². The molecule has 3 heterocycles. The third kappa shape index (κ3) is 4.44. The number of hydrogen-bond acceptors (Lipinski definition) is 4. The highest BCUT2D eigenvalue weighted by Gasteiger charge is 2.40. The maximum Gasteiger partial charge on any atom is 0.420 e. The highest BCUT2D eigenvalue weighted by molar-refractivity contribution is 5.84. The number of rotatable bonds is 6. The smallest absolute Gasteiger partial charge is 0.378 e. The van der Waals surface area contributed by atoms with E-state index in [9.17, 15) is 18.3 Å². The Morgan fingerprint density at radius 3 is 2.61 bits per heavy atom. The van der Waals surface area contributed by atoms with Gasteiger partial charge in [0, 0.05) is 16.6 Å². The maximum atomic E-state index is 12.9. The third-order valence-electron chi connectivity index (χ3n) is 5.02. The fourth-order valence-corrected chi connectivity index (χ4v) is 3.38. The molecule has 4 aromatic rings. The monoisotopic (exact) mass is 426 g/mol. The van der Waals surface area contributed by atoms with E-state index in [-0.39, 0.29) is 5.82 Å². The van der Waals surface area contributed by atoms with Crippen LogP contribution in [0.25, 0.3) is 28.0 Å². The largest absolute Gasteiger partial charge is 0.420 e. The van der Waals surface area contributed by atoms with E-state index in [2.05, 4.69) is 17.0 Å². The number of aromatic nitrogens is 4. The number of hydrogen-bond donors (Lipinski definition) is 1. The summed E-state index contributed by atoms with van der Waals surface area (Å²) >= 11 is 0. The summed E-state index contributed by atoms with van der Waals surface area (Å²) in [5, 5.41) is 14.7. The number of aliphatic hydroxyl groups excluding tert-OH is 1. The molecular weight excluding hydrogens is 405 g/mol. The molecule has 160 valence electrons. The number of halogens is 3. The van der Waals surface area contributed by atoms with Crippen molar-refractivity contribution in [2.24, 2.45) is 0 Å². The molecule has 0 aliphatic heterocycles. The Morgan fingerprint density at radius 1 is 1.03 bits per heavy atom. The average Bonchev–Trinajstić information content (AvgIpc) is 3.20. The van der Waals surface area contributed by atoms with E-state index in [4.69, 9.17) is 4.98 Å². The van der Waals surface area contributed by atoms with Crippen molar-refractivity contribution in [3.05, 3.63) is 72.2 Å². The van der Waals surface area contributed by atoms with Crippen LogP contribution in [0.15, 0.2) is 60.8 Å². The van der Waals surface area contributed by atoms with Crippen molar-refractivity contribution in [3.8, 4) is 17.1 Å². The second kappa shape index (κ2) is 8.47. The summed E-state index contributed by atoms with van der Waals surface area (Å²) in [5.41, 5.74) is 2.92. The van der Waals surface area contributed by atoms with Gasteiger partial charge in [-0.1, -0.05) is 37.6 Å². The van der Waals surface area contributed by atoms with Crippen molar-refractivity contribution in [1.29, 1.82) is 0 Å². The number of pyridine rings is 2. The predicted octanol–water partition coefficient (Wildman–Crippen LogP) is 5.42. The van der Waals surface area contributed by atoms with Crippen LogP contribution in [0.3, 0.4) is 0 Å². The molecule has 3 aromatic heterocycles. The molecule has 0 aliphatic rings. The molecule has 0 fully saturated rings. The second-order valence-corrected chi connectivity index (χ2v) is 7.31. The summed E-state index contributed by atoms with van der Waals surface area (Å²) in [6.07, 6.45) is -2.76. The molecule has 1 N–H and O–H groups in total. The van der Waals surface area contributed by atoms with Gasteiger partial charge in [0.1, 0.15) is 0 Å². The summed E-state index contributed by atoms with van der Waals surface area (Å²) in [4.78, 5) is 8.73. The summed E-state index contributed by atoms with van der Waals surface area (Å²) in [6, 6.07) is 15.7. The molecule has 0 spiro atoms. The molecule has 31 heavy (non-hydrogen) atoms. The van der Waals surface area contributed by atoms with Gasteiger partial charge >= 0.3 is 6.18 Å². The van der Waals surface area contributed by atoms with Crippen molar-refractivity contribution in [1.82, 2.24) is 19.7 Å². The van der Waals surface area contributed by atoms with Gasteiger partial charge in [-0.25, -0.2) is 9.67 Å². The molecule has 0 bridgehead atoms. The lowest BCUT2D eigenvalue weighted by Crippen LogP contribution is -2.21. The fraction of sp³-hybridized carbons (Fsp3) is 0.261. The first-order valence-corrected chi connectivity index (χ1v) is 10.0.